The van der Waals surface area contributed by atoms with Crippen LogP contribution < -0.4 is 10.6 Å². The summed E-state index contributed by atoms with van der Waals surface area (Å²) in [6, 6.07) is 11.2. The third kappa shape index (κ3) is 2.88. The number of halogens is 3. The van der Waals surface area contributed by atoms with Gasteiger partial charge in [-0.1, -0.05) is 41.9 Å². The Morgan fingerprint density at radius 3 is 2.57 bits per heavy atom. The monoisotopic (exact) mass is 336 g/mol. The highest BCUT2D eigenvalue weighted by Gasteiger charge is 2.38. The summed E-state index contributed by atoms with van der Waals surface area (Å²) in [5.74, 6) is -1.27. The third-order valence-corrected chi connectivity index (χ3v) is 4.32. The number of carbonyl (C=O) groups is 1. The molecule has 0 aliphatic carbocycles. The minimum absolute atomic E-state index is 0.0250. The third-order valence-electron chi connectivity index (χ3n) is 4.02. The van der Waals surface area contributed by atoms with Gasteiger partial charge in [-0.2, -0.15) is 0 Å². The van der Waals surface area contributed by atoms with E-state index in [1.165, 1.54) is 4.90 Å². The maximum atomic E-state index is 15.0. The maximum absolute atomic E-state index is 15.0. The average Bonchev–Trinajstić information content (AvgIpc) is 2.90. The number of nitrogens with zero attached hydrogens (tertiary/aromatic N) is 1. The summed E-state index contributed by atoms with van der Waals surface area (Å²) < 4.78 is 28.8. The summed E-state index contributed by atoms with van der Waals surface area (Å²) in [7, 11) is 0. The molecule has 23 heavy (non-hydrogen) atoms. The Morgan fingerprint density at radius 2 is 1.91 bits per heavy atom. The molecule has 1 fully saturated rings. The fourth-order valence-electron chi connectivity index (χ4n) is 2.95. The van der Waals surface area contributed by atoms with Crippen LogP contribution in [0, 0.1) is 5.82 Å². The second-order valence-corrected chi connectivity index (χ2v) is 5.93. The van der Waals surface area contributed by atoms with Crippen molar-refractivity contribution in [1.82, 2.24) is 0 Å². The largest absolute Gasteiger partial charge is 0.368 e. The van der Waals surface area contributed by atoms with Gasteiger partial charge in [-0.15, -0.1) is 0 Å². The van der Waals surface area contributed by atoms with Gasteiger partial charge in [0.2, 0.25) is 5.91 Å². The molecule has 2 aromatic carbocycles. The minimum Gasteiger partial charge on any atom is -0.368 e. The van der Waals surface area contributed by atoms with Crippen molar-refractivity contribution in [3.05, 3.63) is 53.3 Å². The number of anilines is 1. The zero-order valence-corrected chi connectivity index (χ0v) is 12.9. The number of rotatable bonds is 3. The molecule has 1 aliphatic heterocycles. The van der Waals surface area contributed by atoms with Crippen molar-refractivity contribution >= 4 is 23.2 Å². The van der Waals surface area contributed by atoms with Crippen molar-refractivity contribution in [2.75, 3.05) is 11.4 Å². The number of carbonyl (C=O) groups excluding carboxylic acids is 1. The van der Waals surface area contributed by atoms with Crippen molar-refractivity contribution in [2.45, 2.75) is 18.6 Å². The molecule has 1 heterocycles. The van der Waals surface area contributed by atoms with Crippen molar-refractivity contribution in [1.29, 1.82) is 0 Å². The lowest BCUT2D eigenvalue weighted by molar-refractivity contribution is -0.119. The SMILES string of the molecule is NC(=O)C1CC(F)CN1c1c(Cl)ccc(-c2ccccc2)c1F. The molecule has 2 atom stereocenters. The topological polar surface area (TPSA) is 46.3 Å². The van der Waals surface area contributed by atoms with Crippen LogP contribution in [0.5, 0.6) is 0 Å². The van der Waals surface area contributed by atoms with Crippen molar-refractivity contribution in [3.8, 4) is 11.1 Å². The Kier molecular flexibility index (Phi) is 4.22. The van der Waals surface area contributed by atoms with Crippen LogP contribution >= 0.6 is 11.6 Å². The first-order chi connectivity index (χ1) is 11.0. The van der Waals surface area contributed by atoms with Gasteiger partial charge in [0.1, 0.15) is 12.2 Å². The summed E-state index contributed by atoms with van der Waals surface area (Å²) in [5, 5.41) is 0.127. The zero-order valence-electron chi connectivity index (χ0n) is 12.2. The Bertz CT molecular complexity index is 739. The molecule has 2 unspecified atom stereocenters. The number of hydrogen-bond donors (Lipinski definition) is 1. The number of alkyl halides is 1. The number of primary amides is 1. The highest BCUT2D eigenvalue weighted by atomic mass is 35.5. The molecular formula is C17H15ClF2N2O. The molecule has 120 valence electrons. The van der Waals surface area contributed by atoms with Crippen LogP contribution in [0.4, 0.5) is 14.5 Å². The van der Waals surface area contributed by atoms with Crippen LogP contribution in [0.3, 0.4) is 0 Å². The Morgan fingerprint density at radius 1 is 1.22 bits per heavy atom. The summed E-state index contributed by atoms with van der Waals surface area (Å²) >= 11 is 6.13. The molecule has 1 aliphatic rings. The zero-order chi connectivity index (χ0) is 16.6. The van der Waals surface area contributed by atoms with Crippen LogP contribution in [0.15, 0.2) is 42.5 Å². The van der Waals surface area contributed by atoms with Crippen LogP contribution in [0.2, 0.25) is 5.02 Å². The van der Waals surface area contributed by atoms with Gasteiger partial charge >= 0.3 is 0 Å². The minimum atomic E-state index is -1.25. The number of amides is 1. The standard InChI is InChI=1S/C17H15ClF2N2O/c18-13-7-6-12(10-4-2-1-3-5-10)15(20)16(13)22-9-11(19)8-14(22)17(21)23/h1-7,11,14H,8-9H2,(H2,21,23). The number of nitrogens with two attached hydrogens (primary N) is 1. The predicted octanol–water partition coefficient (Wildman–Crippen LogP) is 3.55. The summed E-state index contributed by atoms with van der Waals surface area (Å²) in [5.41, 5.74) is 6.37. The van der Waals surface area contributed by atoms with Gasteiger partial charge in [-0.3, -0.25) is 4.79 Å². The quantitative estimate of drug-likeness (QED) is 0.931. The van der Waals surface area contributed by atoms with E-state index >= 15 is 4.39 Å². The predicted molar refractivity (Wildman–Crippen MR) is 86.7 cm³/mol. The van der Waals surface area contributed by atoms with Crippen molar-refractivity contribution in [2.24, 2.45) is 5.73 Å². The van der Waals surface area contributed by atoms with Gasteiger partial charge < -0.3 is 10.6 Å². The van der Waals surface area contributed by atoms with E-state index in [0.29, 0.717) is 11.1 Å². The molecule has 3 nitrogen and oxygen atoms in total. The van der Waals surface area contributed by atoms with E-state index in [-0.39, 0.29) is 23.7 Å². The molecule has 3 rings (SSSR count). The van der Waals surface area contributed by atoms with E-state index in [9.17, 15) is 9.18 Å². The van der Waals surface area contributed by atoms with E-state index in [2.05, 4.69) is 0 Å². The van der Waals surface area contributed by atoms with Gasteiger partial charge in [0.05, 0.1) is 17.3 Å². The van der Waals surface area contributed by atoms with Gasteiger partial charge in [0.15, 0.2) is 5.82 Å². The van der Waals surface area contributed by atoms with Crippen LogP contribution in [-0.2, 0) is 4.79 Å². The van der Waals surface area contributed by atoms with E-state index in [1.807, 2.05) is 6.07 Å². The average molecular weight is 337 g/mol. The Hall–Kier alpha value is -2.14. The van der Waals surface area contributed by atoms with Gasteiger partial charge in [-0.25, -0.2) is 8.78 Å². The molecule has 1 amide bonds. The van der Waals surface area contributed by atoms with Crippen LogP contribution in [-0.4, -0.2) is 24.7 Å². The van der Waals surface area contributed by atoms with E-state index < -0.39 is 23.9 Å². The van der Waals surface area contributed by atoms with Gasteiger partial charge in [0.25, 0.3) is 0 Å². The lowest BCUT2D eigenvalue weighted by atomic mass is 10.0. The fraction of sp³-hybridized carbons (Fsp3) is 0.235. The molecule has 2 aromatic rings. The first-order valence-electron chi connectivity index (χ1n) is 7.22. The molecule has 6 heteroatoms. The summed E-state index contributed by atoms with van der Waals surface area (Å²) in [4.78, 5) is 12.9. The maximum Gasteiger partial charge on any atom is 0.240 e. The van der Waals surface area contributed by atoms with Crippen LogP contribution in [0.25, 0.3) is 11.1 Å². The lowest BCUT2D eigenvalue weighted by Crippen LogP contribution is -2.41. The molecule has 0 bridgehead atoms. The van der Waals surface area contributed by atoms with E-state index in [1.54, 1.807) is 36.4 Å². The van der Waals surface area contributed by atoms with Crippen molar-refractivity contribution < 1.29 is 13.6 Å². The molecule has 0 saturated carbocycles. The second-order valence-electron chi connectivity index (χ2n) is 5.53. The van der Waals surface area contributed by atoms with Gasteiger partial charge in [0, 0.05) is 12.0 Å². The first kappa shape index (κ1) is 15.7. The fourth-order valence-corrected chi connectivity index (χ4v) is 3.20. The smallest absolute Gasteiger partial charge is 0.240 e. The number of benzene rings is 2. The molecule has 0 aromatic heterocycles. The van der Waals surface area contributed by atoms with Gasteiger partial charge in [-0.05, 0) is 17.7 Å². The Labute approximate surface area is 137 Å². The van der Waals surface area contributed by atoms with Crippen molar-refractivity contribution in [3.63, 3.8) is 0 Å². The molecule has 0 radical (unpaired) electrons. The van der Waals surface area contributed by atoms with E-state index in [0.717, 1.165) is 0 Å². The molecule has 1 saturated heterocycles. The first-order valence-corrected chi connectivity index (χ1v) is 7.60. The highest BCUT2D eigenvalue weighted by Crippen LogP contribution is 2.39. The number of hydrogen-bond acceptors (Lipinski definition) is 2. The molecule has 0 spiro atoms. The normalized spacial score (nSPS) is 20.7. The van der Waals surface area contributed by atoms with Crippen LogP contribution in [0.1, 0.15) is 6.42 Å². The highest BCUT2D eigenvalue weighted by molar-refractivity contribution is 6.33. The summed E-state index contributed by atoms with van der Waals surface area (Å²) in [6.45, 7) is -0.109. The van der Waals surface area contributed by atoms with E-state index in [4.69, 9.17) is 17.3 Å². The second kappa shape index (κ2) is 6.16. The lowest BCUT2D eigenvalue weighted by Gasteiger charge is -2.26. The molecule has 2 N–H and O–H groups in total. The summed E-state index contributed by atoms with van der Waals surface area (Å²) in [6.07, 6.45) is -1.30. The molecular weight excluding hydrogens is 322 g/mol. The Balaban J connectivity index is 2.11.